The molecule has 0 atom stereocenters. The van der Waals surface area contributed by atoms with Crippen molar-refractivity contribution in [3.05, 3.63) is 204 Å². The summed E-state index contributed by atoms with van der Waals surface area (Å²) in [5, 5.41) is 15.2. The van der Waals surface area contributed by atoms with Crippen molar-refractivity contribution in [3.8, 4) is 11.3 Å². The number of pyridine rings is 4. The second-order valence-electron chi connectivity index (χ2n) is 24.9. The second kappa shape index (κ2) is 34.1. The van der Waals surface area contributed by atoms with Crippen molar-refractivity contribution in [2.75, 3.05) is 0 Å². The summed E-state index contributed by atoms with van der Waals surface area (Å²) in [6, 6.07) is 16.1. The highest BCUT2D eigenvalue weighted by Gasteiger charge is 2.32. The average molecular weight is 1330 g/mol. The van der Waals surface area contributed by atoms with E-state index in [2.05, 4.69) is 64.8 Å². The third kappa shape index (κ3) is 17.5. The van der Waals surface area contributed by atoms with E-state index in [9.17, 15) is 57.5 Å². The summed E-state index contributed by atoms with van der Waals surface area (Å²) < 4.78 is 12.2. The Kier molecular flexibility index (Phi) is 25.6. The van der Waals surface area contributed by atoms with Crippen LogP contribution >= 0.6 is 0 Å². The molecule has 0 unspecified atom stereocenters. The number of hydrogen-bond donors (Lipinski definition) is 3. The number of nitrogens with one attached hydrogen (secondary N) is 3. The second-order valence-corrected chi connectivity index (χ2v) is 24.9. The van der Waals surface area contributed by atoms with E-state index in [4.69, 9.17) is 0 Å². The van der Waals surface area contributed by atoms with E-state index in [1.165, 1.54) is 36.0 Å². The maximum absolute atomic E-state index is 13.3. The van der Waals surface area contributed by atoms with Crippen LogP contribution in [-0.4, -0.2) is 77.8 Å². The third-order valence-electron chi connectivity index (χ3n) is 17.8. The van der Waals surface area contributed by atoms with E-state index in [1.54, 1.807) is 35.9 Å². The van der Waals surface area contributed by atoms with Crippen molar-refractivity contribution >= 4 is 46.5 Å². The predicted molar refractivity (Wildman–Crippen MR) is 371 cm³/mol. The van der Waals surface area contributed by atoms with Crippen molar-refractivity contribution in [2.24, 2.45) is 13.0 Å². The summed E-state index contributed by atoms with van der Waals surface area (Å²) in [5.74, 6) is -1.84. The summed E-state index contributed by atoms with van der Waals surface area (Å²) in [6.45, 7) is 20.6. The Morgan fingerprint density at radius 1 is 0.505 bits per heavy atom. The topological polar surface area (TPSA) is 301 Å². The van der Waals surface area contributed by atoms with Crippen molar-refractivity contribution in [2.45, 2.75) is 202 Å². The van der Waals surface area contributed by atoms with Gasteiger partial charge in [0.25, 0.3) is 23.3 Å². The molecule has 97 heavy (non-hydrogen) atoms. The Bertz CT molecular complexity index is 4520. The predicted octanol–water partition coefficient (Wildman–Crippen LogP) is 7.15. The van der Waals surface area contributed by atoms with Crippen LogP contribution in [0.25, 0.3) is 22.3 Å². The third-order valence-corrected chi connectivity index (χ3v) is 17.8. The lowest BCUT2D eigenvalue weighted by Crippen LogP contribution is -2.43. The Hall–Kier alpha value is -10.0. The number of amides is 6. The van der Waals surface area contributed by atoms with Crippen molar-refractivity contribution in [1.82, 2.24) is 58.3 Å². The Balaban J connectivity index is 0.000000175. The SMILES string of the molecule is C=CCn1c(=O)c2c(=O)cc(CCCC)n(CCCCn3cc(-c4ccccc4)nn3)c2n(CC=C)c1=O.CCCCc1cc(=O)c2c(n1CCC)CC(=O)NC2=O.CCCCn1c(CCCC2CC2)cc(=O)c2c1CC(=O)NC2=O.CCc1cc(=O)c2c(n1C)CC(=O)NC2=O. The number of imide groups is 3. The first-order chi connectivity index (χ1) is 46.7. The van der Waals surface area contributed by atoms with Gasteiger partial charge in [0.05, 0.1) is 25.5 Å². The van der Waals surface area contributed by atoms with Gasteiger partial charge in [0.2, 0.25) is 17.7 Å². The molecular weight excluding hydrogens is 1240 g/mol. The van der Waals surface area contributed by atoms with Gasteiger partial charge in [-0.2, -0.15) is 0 Å². The number of carbonyl (C=O) groups excluding carboxylic acids is 6. The van der Waals surface area contributed by atoms with E-state index in [0.29, 0.717) is 48.7 Å². The van der Waals surface area contributed by atoms with E-state index in [0.717, 1.165) is 135 Å². The fourth-order valence-electron chi connectivity index (χ4n) is 12.7. The van der Waals surface area contributed by atoms with Gasteiger partial charge >= 0.3 is 5.69 Å². The number of fused-ring (bicyclic) bond motifs is 4. The smallest absolute Gasteiger partial charge is 0.333 e. The molecule has 514 valence electrons. The molecule has 24 nitrogen and oxygen atoms in total. The molecule has 9 heterocycles. The zero-order valence-electron chi connectivity index (χ0n) is 56.7. The minimum atomic E-state index is -0.588. The summed E-state index contributed by atoms with van der Waals surface area (Å²) in [4.78, 5) is 146. The number of hydrogen-bond acceptors (Lipinski definition) is 14. The lowest BCUT2D eigenvalue weighted by atomic mass is 10.0. The van der Waals surface area contributed by atoms with Gasteiger partial charge in [0.1, 0.15) is 33.4 Å². The number of rotatable bonds is 26. The Morgan fingerprint density at radius 2 is 0.979 bits per heavy atom. The largest absolute Gasteiger partial charge is 0.350 e. The number of nitrogens with zero attached hydrogens (tertiary/aromatic N) is 9. The molecule has 3 N–H and O–H groups in total. The quantitative estimate of drug-likeness (QED) is 0.0276. The average Bonchev–Trinajstić information content (AvgIpc) is 1.71. The van der Waals surface area contributed by atoms with Gasteiger partial charge in [0, 0.05) is 116 Å². The molecule has 1 saturated carbocycles. The fraction of sp³-hybridized carbons (Fsp3) is 0.452. The van der Waals surface area contributed by atoms with Gasteiger partial charge in [-0.05, 0) is 76.5 Å². The highest BCUT2D eigenvalue weighted by atomic mass is 16.2. The molecule has 1 aromatic carbocycles. The zero-order chi connectivity index (χ0) is 70.0. The van der Waals surface area contributed by atoms with Gasteiger partial charge in [-0.1, -0.05) is 121 Å². The molecule has 7 aromatic rings. The van der Waals surface area contributed by atoms with Crippen molar-refractivity contribution in [3.63, 3.8) is 0 Å². The standard InChI is InChI=1S/C29H34N6O3.C18H24N2O3.C15H20N2O3.C11H12N2O3/c1-4-7-15-23-20-25(36)26-27(34(16-5-2)29(38)35(17-6-3)28(26)37)33(23)19-12-11-18-32-21-24(30-31-32)22-13-9-8-10-14-22;1-2-3-9-20-13(6-4-5-12-7-8-12)10-15(21)17-14(20)11-16(22)19-18(17)23;1-3-5-6-10-8-12(18)14-11(17(10)7-4-2)9-13(19)16-15(14)20;1-3-6-4-8(14)10-7(13(6)2)5-9(15)12-11(10)16/h5-6,8-10,13-14,20-21H,2-4,7,11-12,15-19H2,1H3;10,12H,2-9,11H2,1H3,(H,19,22,23);8H,3-7,9H2,1-2H3,(H,16,19,20);4H,3,5H2,1-2H3,(H,12,15,16). The summed E-state index contributed by atoms with van der Waals surface area (Å²) in [6.07, 6.45) is 21.6. The lowest BCUT2D eigenvalue weighted by molar-refractivity contribution is -0.120. The van der Waals surface area contributed by atoms with Gasteiger partial charge in [-0.3, -0.25) is 82.5 Å². The van der Waals surface area contributed by atoms with E-state index < -0.39 is 29.0 Å². The minimum Gasteiger partial charge on any atom is -0.350 e. The van der Waals surface area contributed by atoms with Crippen LogP contribution in [0.4, 0.5) is 0 Å². The molecule has 24 heteroatoms. The summed E-state index contributed by atoms with van der Waals surface area (Å²) in [7, 11) is 1.77. The monoisotopic (exact) mass is 1330 g/mol. The van der Waals surface area contributed by atoms with Crippen LogP contribution in [0.3, 0.4) is 0 Å². The summed E-state index contributed by atoms with van der Waals surface area (Å²) in [5.41, 5.74) is 5.61. The van der Waals surface area contributed by atoms with Crippen LogP contribution in [0.2, 0.25) is 0 Å². The number of unbranched alkanes of at least 4 members (excludes halogenated alkanes) is 4. The van der Waals surface area contributed by atoms with E-state index >= 15 is 0 Å². The number of carbonyl (C=O) groups is 6. The minimum absolute atomic E-state index is 0.0253. The number of aromatic nitrogens is 9. The molecule has 6 amide bonds. The van der Waals surface area contributed by atoms with Crippen molar-refractivity contribution in [1.29, 1.82) is 0 Å². The normalized spacial score (nSPS) is 13.8. The molecule has 6 aromatic heterocycles. The fourth-order valence-corrected chi connectivity index (χ4v) is 12.7. The van der Waals surface area contributed by atoms with Gasteiger partial charge < -0.3 is 18.3 Å². The first-order valence-electron chi connectivity index (χ1n) is 34.0. The van der Waals surface area contributed by atoms with Crippen LogP contribution in [0.1, 0.15) is 189 Å². The van der Waals surface area contributed by atoms with E-state index in [1.807, 2.05) is 64.2 Å². The highest BCUT2D eigenvalue weighted by Crippen LogP contribution is 2.34. The van der Waals surface area contributed by atoms with Crippen LogP contribution in [0, 0.1) is 5.92 Å². The highest BCUT2D eigenvalue weighted by molar-refractivity contribution is 6.10. The molecule has 3 aliphatic heterocycles. The lowest BCUT2D eigenvalue weighted by Gasteiger charge is -2.23. The molecule has 4 aliphatic rings. The Morgan fingerprint density at radius 3 is 1.51 bits per heavy atom. The van der Waals surface area contributed by atoms with E-state index in [-0.39, 0.29) is 93.9 Å². The number of benzene rings is 1. The molecule has 0 saturated heterocycles. The van der Waals surface area contributed by atoms with Crippen molar-refractivity contribution < 1.29 is 28.8 Å². The van der Waals surface area contributed by atoms with Crippen LogP contribution in [0.15, 0.2) is 115 Å². The first-order valence-corrected chi connectivity index (χ1v) is 34.0. The molecule has 1 fully saturated rings. The van der Waals surface area contributed by atoms with Crippen LogP contribution in [-0.2, 0) is 106 Å². The molecule has 0 spiro atoms. The molecular formula is C73H90N12O12. The first kappa shape index (κ1) is 72.8. The van der Waals surface area contributed by atoms with Crippen LogP contribution < -0.4 is 48.9 Å². The van der Waals surface area contributed by atoms with Crippen LogP contribution in [0.5, 0.6) is 0 Å². The molecule has 0 bridgehead atoms. The van der Waals surface area contributed by atoms with Gasteiger partial charge in [-0.15, -0.1) is 18.3 Å². The zero-order valence-corrected chi connectivity index (χ0v) is 56.7. The van der Waals surface area contributed by atoms with Gasteiger partial charge in [0.15, 0.2) is 21.7 Å². The van der Waals surface area contributed by atoms with Gasteiger partial charge in [-0.25, -0.2) is 4.79 Å². The number of aryl methyl sites for hydroxylation is 6. The summed E-state index contributed by atoms with van der Waals surface area (Å²) >= 11 is 0. The molecule has 11 rings (SSSR count). The Labute approximate surface area is 562 Å². The maximum atomic E-state index is 13.3. The number of allylic oxidation sites excluding steroid dienone is 2. The molecule has 0 radical (unpaired) electrons. The maximum Gasteiger partial charge on any atom is 0.333 e. The molecule has 1 aliphatic carbocycles.